The molecule has 0 unspecified atom stereocenters. The molecule has 1 aliphatic carbocycles. The molecule has 2 N–H and O–H groups in total. The van der Waals surface area contributed by atoms with Gasteiger partial charge >= 0.3 is 5.97 Å². The molecule has 4 nitrogen and oxygen atoms in total. The molecule has 0 spiro atoms. The van der Waals surface area contributed by atoms with E-state index in [0.29, 0.717) is 6.04 Å². The van der Waals surface area contributed by atoms with Crippen molar-refractivity contribution in [1.29, 1.82) is 0 Å². The molecule has 1 aliphatic heterocycles. The molecule has 0 amide bonds. The highest BCUT2D eigenvalue weighted by Gasteiger charge is 2.28. The predicted octanol–water partition coefficient (Wildman–Crippen LogP) is 1.14. The summed E-state index contributed by atoms with van der Waals surface area (Å²) in [7, 11) is 2.11. The smallest absolute Gasteiger partial charge is 0.309 e. The van der Waals surface area contributed by atoms with Gasteiger partial charge in [0.15, 0.2) is 0 Å². The molecule has 2 fully saturated rings. The van der Waals surface area contributed by atoms with E-state index in [1.54, 1.807) is 0 Å². The van der Waals surface area contributed by atoms with Crippen LogP contribution in [0.5, 0.6) is 0 Å². The molecule has 1 saturated heterocycles. The highest BCUT2D eigenvalue weighted by molar-refractivity contribution is 5.72. The number of esters is 1. The monoisotopic (exact) mass is 240 g/mol. The summed E-state index contributed by atoms with van der Waals surface area (Å²) in [5.74, 6) is 0.126. The molecule has 1 heterocycles. The number of carbonyl (C=O) groups is 1. The van der Waals surface area contributed by atoms with Gasteiger partial charge in [0.2, 0.25) is 0 Å². The third kappa shape index (κ3) is 3.68. The van der Waals surface area contributed by atoms with E-state index in [1.165, 1.54) is 0 Å². The van der Waals surface area contributed by atoms with Crippen molar-refractivity contribution in [2.24, 2.45) is 11.7 Å². The SMILES string of the molecule is CN1CCC(OC(=O)[C@H]2CC[C@H](N)CC2)CC1. The van der Waals surface area contributed by atoms with Crippen molar-refractivity contribution in [2.45, 2.75) is 50.7 Å². The first kappa shape index (κ1) is 12.8. The third-order valence-electron chi connectivity index (χ3n) is 4.05. The first-order valence-corrected chi connectivity index (χ1v) is 6.80. The van der Waals surface area contributed by atoms with Crippen molar-refractivity contribution < 1.29 is 9.53 Å². The first-order chi connectivity index (χ1) is 8.15. The second-order valence-electron chi connectivity index (χ2n) is 5.55. The normalized spacial score (nSPS) is 32.4. The molecule has 0 aromatic heterocycles. The summed E-state index contributed by atoms with van der Waals surface area (Å²) in [5.41, 5.74) is 5.84. The zero-order valence-corrected chi connectivity index (χ0v) is 10.7. The van der Waals surface area contributed by atoms with Gasteiger partial charge in [-0.05, 0) is 45.6 Å². The highest BCUT2D eigenvalue weighted by Crippen LogP contribution is 2.25. The molecular weight excluding hydrogens is 216 g/mol. The van der Waals surface area contributed by atoms with Gasteiger partial charge < -0.3 is 15.4 Å². The lowest BCUT2D eigenvalue weighted by Crippen LogP contribution is -2.37. The summed E-state index contributed by atoms with van der Waals surface area (Å²) in [6, 6.07) is 0.294. The molecule has 2 aliphatic rings. The van der Waals surface area contributed by atoms with Gasteiger partial charge in [-0.2, -0.15) is 0 Å². The Kier molecular flexibility index (Phi) is 4.40. The van der Waals surface area contributed by atoms with Gasteiger partial charge in [-0.25, -0.2) is 0 Å². The molecule has 0 radical (unpaired) electrons. The molecule has 0 aromatic rings. The Morgan fingerprint density at radius 1 is 1.12 bits per heavy atom. The molecule has 0 atom stereocenters. The Labute approximate surface area is 103 Å². The lowest BCUT2D eigenvalue weighted by Gasteiger charge is -2.31. The summed E-state index contributed by atoms with van der Waals surface area (Å²) < 4.78 is 5.61. The van der Waals surface area contributed by atoms with Crippen LogP contribution in [-0.4, -0.2) is 43.2 Å². The van der Waals surface area contributed by atoms with Gasteiger partial charge in [-0.3, -0.25) is 4.79 Å². The fourth-order valence-electron chi connectivity index (χ4n) is 2.72. The largest absolute Gasteiger partial charge is 0.462 e. The van der Waals surface area contributed by atoms with Crippen LogP contribution in [-0.2, 0) is 9.53 Å². The number of nitrogens with zero attached hydrogens (tertiary/aromatic N) is 1. The van der Waals surface area contributed by atoms with Gasteiger partial charge in [0.05, 0.1) is 5.92 Å². The Morgan fingerprint density at radius 3 is 2.29 bits per heavy atom. The van der Waals surface area contributed by atoms with Crippen LogP contribution in [0.2, 0.25) is 0 Å². The van der Waals surface area contributed by atoms with Gasteiger partial charge in [-0.1, -0.05) is 0 Å². The van der Waals surface area contributed by atoms with Gasteiger partial charge in [0.25, 0.3) is 0 Å². The molecule has 98 valence electrons. The summed E-state index contributed by atoms with van der Waals surface area (Å²) in [4.78, 5) is 14.3. The minimum Gasteiger partial charge on any atom is -0.462 e. The fourth-order valence-corrected chi connectivity index (χ4v) is 2.72. The van der Waals surface area contributed by atoms with Gasteiger partial charge in [0.1, 0.15) is 6.10 Å². The van der Waals surface area contributed by atoms with Gasteiger partial charge in [-0.15, -0.1) is 0 Å². The molecule has 2 rings (SSSR count). The fraction of sp³-hybridized carbons (Fsp3) is 0.923. The van der Waals surface area contributed by atoms with Crippen molar-refractivity contribution in [3.63, 3.8) is 0 Å². The summed E-state index contributed by atoms with van der Waals surface area (Å²) in [6.07, 6.45) is 5.86. The lowest BCUT2D eigenvalue weighted by molar-refractivity contribution is -0.157. The maximum atomic E-state index is 12.0. The maximum Gasteiger partial charge on any atom is 0.309 e. The second-order valence-corrected chi connectivity index (χ2v) is 5.55. The molecule has 17 heavy (non-hydrogen) atoms. The second kappa shape index (κ2) is 5.83. The quantitative estimate of drug-likeness (QED) is 0.735. The minimum atomic E-state index is 0.0199. The first-order valence-electron chi connectivity index (χ1n) is 6.80. The Hall–Kier alpha value is -0.610. The molecule has 4 heteroatoms. The van der Waals surface area contributed by atoms with Crippen LogP contribution in [0.25, 0.3) is 0 Å². The average Bonchev–Trinajstić information content (AvgIpc) is 2.33. The summed E-state index contributed by atoms with van der Waals surface area (Å²) in [6.45, 7) is 2.07. The van der Waals surface area contributed by atoms with Gasteiger partial charge in [0, 0.05) is 19.1 Å². The summed E-state index contributed by atoms with van der Waals surface area (Å²) in [5, 5.41) is 0. The number of nitrogens with two attached hydrogens (primary N) is 1. The van der Waals surface area contributed by atoms with Crippen LogP contribution in [0, 0.1) is 5.92 Å². The van der Waals surface area contributed by atoms with E-state index in [0.717, 1.165) is 51.6 Å². The zero-order chi connectivity index (χ0) is 12.3. The van der Waals surface area contributed by atoms with Crippen molar-refractivity contribution in [3.8, 4) is 0 Å². The number of carbonyl (C=O) groups excluding carboxylic acids is 1. The van der Waals surface area contributed by atoms with E-state index < -0.39 is 0 Å². The van der Waals surface area contributed by atoms with Crippen LogP contribution >= 0.6 is 0 Å². The molecule has 0 aromatic carbocycles. The highest BCUT2D eigenvalue weighted by atomic mass is 16.5. The molecular formula is C13H24N2O2. The number of hydrogen-bond donors (Lipinski definition) is 1. The van der Waals surface area contributed by atoms with E-state index in [9.17, 15) is 4.79 Å². The van der Waals surface area contributed by atoms with E-state index >= 15 is 0 Å². The van der Waals surface area contributed by atoms with Crippen LogP contribution in [0.1, 0.15) is 38.5 Å². The van der Waals surface area contributed by atoms with E-state index in [2.05, 4.69) is 11.9 Å². The van der Waals surface area contributed by atoms with E-state index in [-0.39, 0.29) is 18.0 Å². The maximum absolute atomic E-state index is 12.0. The van der Waals surface area contributed by atoms with E-state index in [1.807, 2.05) is 0 Å². The average molecular weight is 240 g/mol. The number of piperidine rings is 1. The van der Waals surface area contributed by atoms with Crippen LogP contribution in [0.15, 0.2) is 0 Å². The molecule has 1 saturated carbocycles. The third-order valence-corrected chi connectivity index (χ3v) is 4.05. The van der Waals surface area contributed by atoms with Crippen molar-refractivity contribution in [1.82, 2.24) is 4.90 Å². The standard InChI is InChI=1S/C13H24N2O2/c1-15-8-6-12(7-9-15)17-13(16)10-2-4-11(14)5-3-10/h10-12H,2-9,14H2,1H3/t10-,11-. The summed E-state index contributed by atoms with van der Waals surface area (Å²) >= 11 is 0. The van der Waals surface area contributed by atoms with Crippen molar-refractivity contribution in [3.05, 3.63) is 0 Å². The van der Waals surface area contributed by atoms with Crippen molar-refractivity contribution in [2.75, 3.05) is 20.1 Å². The van der Waals surface area contributed by atoms with Crippen LogP contribution in [0.3, 0.4) is 0 Å². The number of hydrogen-bond acceptors (Lipinski definition) is 4. The minimum absolute atomic E-state index is 0.0199. The number of ether oxygens (including phenoxy) is 1. The Balaban J connectivity index is 1.73. The lowest BCUT2D eigenvalue weighted by atomic mass is 9.86. The molecule has 0 bridgehead atoms. The number of rotatable bonds is 2. The number of likely N-dealkylation sites (tertiary alicyclic amines) is 1. The van der Waals surface area contributed by atoms with Crippen LogP contribution < -0.4 is 5.73 Å². The predicted molar refractivity (Wildman–Crippen MR) is 66.5 cm³/mol. The van der Waals surface area contributed by atoms with Crippen molar-refractivity contribution >= 4 is 5.97 Å². The zero-order valence-electron chi connectivity index (χ0n) is 10.7. The Bertz CT molecular complexity index is 254. The Morgan fingerprint density at radius 2 is 1.71 bits per heavy atom. The topological polar surface area (TPSA) is 55.6 Å². The van der Waals surface area contributed by atoms with E-state index in [4.69, 9.17) is 10.5 Å². The van der Waals surface area contributed by atoms with Crippen LogP contribution in [0.4, 0.5) is 0 Å².